The molecule has 0 aliphatic rings. The molecule has 0 N–H and O–H groups in total. The molecule has 0 saturated heterocycles. The SMILES string of the molecule is CCCc1ccc(OCc2ccc(-c3ccc(C)cc3F)cc2)c(F)c1F. The molecule has 0 spiro atoms. The van der Waals surface area contributed by atoms with Crippen LogP contribution in [0.5, 0.6) is 5.75 Å². The Bertz CT molecular complexity index is 933. The van der Waals surface area contributed by atoms with Gasteiger partial charge < -0.3 is 4.74 Å². The molecule has 0 bridgehead atoms. The predicted octanol–water partition coefficient (Wildman–Crippen LogP) is 6.61. The quantitative estimate of drug-likeness (QED) is 0.474. The normalized spacial score (nSPS) is 10.9. The fourth-order valence-corrected chi connectivity index (χ4v) is 2.94. The van der Waals surface area contributed by atoms with Gasteiger partial charge in [-0.2, -0.15) is 4.39 Å². The van der Waals surface area contributed by atoms with E-state index in [2.05, 4.69) is 0 Å². The van der Waals surface area contributed by atoms with Crippen LogP contribution < -0.4 is 4.74 Å². The van der Waals surface area contributed by atoms with Crippen molar-refractivity contribution in [2.24, 2.45) is 0 Å². The van der Waals surface area contributed by atoms with Crippen molar-refractivity contribution in [1.82, 2.24) is 0 Å². The number of hydrogen-bond acceptors (Lipinski definition) is 1. The molecule has 0 fully saturated rings. The summed E-state index contributed by atoms with van der Waals surface area (Å²) in [7, 11) is 0. The van der Waals surface area contributed by atoms with E-state index in [4.69, 9.17) is 4.74 Å². The molecule has 3 aromatic rings. The molecule has 0 atom stereocenters. The Labute approximate surface area is 157 Å². The third kappa shape index (κ3) is 4.33. The molecule has 0 heterocycles. The average molecular weight is 370 g/mol. The lowest BCUT2D eigenvalue weighted by atomic mass is 10.0. The first kappa shape index (κ1) is 19.0. The molecular formula is C23H21F3O. The van der Waals surface area contributed by atoms with Crippen LogP contribution in [0.15, 0.2) is 54.6 Å². The fourth-order valence-electron chi connectivity index (χ4n) is 2.94. The molecule has 3 aromatic carbocycles. The molecule has 0 unspecified atom stereocenters. The van der Waals surface area contributed by atoms with Crippen molar-refractivity contribution in [3.63, 3.8) is 0 Å². The molecule has 140 valence electrons. The molecule has 0 amide bonds. The molecule has 0 aliphatic heterocycles. The highest BCUT2D eigenvalue weighted by molar-refractivity contribution is 5.64. The highest BCUT2D eigenvalue weighted by atomic mass is 19.2. The Hall–Kier alpha value is -2.75. The van der Waals surface area contributed by atoms with E-state index in [1.54, 1.807) is 36.4 Å². The fraction of sp³-hybridized carbons (Fsp3) is 0.217. The largest absolute Gasteiger partial charge is 0.486 e. The Morgan fingerprint density at radius 2 is 1.59 bits per heavy atom. The zero-order valence-electron chi connectivity index (χ0n) is 15.4. The second kappa shape index (κ2) is 8.30. The van der Waals surface area contributed by atoms with Gasteiger partial charge in [0.25, 0.3) is 0 Å². The third-order valence-electron chi connectivity index (χ3n) is 4.43. The van der Waals surface area contributed by atoms with E-state index >= 15 is 0 Å². The summed E-state index contributed by atoms with van der Waals surface area (Å²) >= 11 is 0. The minimum absolute atomic E-state index is 0.0974. The number of aryl methyl sites for hydroxylation is 2. The van der Waals surface area contributed by atoms with Gasteiger partial charge in [0.1, 0.15) is 12.4 Å². The van der Waals surface area contributed by atoms with Crippen molar-refractivity contribution in [3.8, 4) is 16.9 Å². The van der Waals surface area contributed by atoms with Crippen LogP contribution in [0.4, 0.5) is 13.2 Å². The minimum atomic E-state index is -0.959. The van der Waals surface area contributed by atoms with E-state index in [9.17, 15) is 13.2 Å². The lowest BCUT2D eigenvalue weighted by Crippen LogP contribution is -2.01. The summed E-state index contributed by atoms with van der Waals surface area (Å²) in [6.07, 6.45) is 1.23. The molecule has 3 rings (SSSR count). The number of benzene rings is 3. The summed E-state index contributed by atoms with van der Waals surface area (Å²) in [4.78, 5) is 0. The maximum atomic E-state index is 14.1. The summed E-state index contributed by atoms with van der Waals surface area (Å²) in [6, 6.07) is 15.2. The first-order chi connectivity index (χ1) is 13.0. The molecule has 0 aromatic heterocycles. The maximum absolute atomic E-state index is 14.1. The van der Waals surface area contributed by atoms with E-state index in [0.29, 0.717) is 17.5 Å². The molecule has 0 saturated carbocycles. The second-order valence-electron chi connectivity index (χ2n) is 6.57. The number of ether oxygens (including phenoxy) is 1. The van der Waals surface area contributed by atoms with E-state index in [1.807, 2.05) is 19.9 Å². The van der Waals surface area contributed by atoms with E-state index < -0.39 is 11.6 Å². The lowest BCUT2D eigenvalue weighted by Gasteiger charge is -2.11. The van der Waals surface area contributed by atoms with E-state index in [0.717, 1.165) is 23.1 Å². The lowest BCUT2D eigenvalue weighted by molar-refractivity contribution is 0.284. The van der Waals surface area contributed by atoms with Crippen molar-refractivity contribution in [2.45, 2.75) is 33.3 Å². The topological polar surface area (TPSA) is 9.23 Å². The molecular weight excluding hydrogens is 349 g/mol. The Morgan fingerprint density at radius 3 is 2.26 bits per heavy atom. The highest BCUT2D eigenvalue weighted by Gasteiger charge is 2.14. The smallest absolute Gasteiger partial charge is 0.200 e. The summed E-state index contributed by atoms with van der Waals surface area (Å²) in [5.74, 6) is -2.19. The van der Waals surface area contributed by atoms with Gasteiger partial charge >= 0.3 is 0 Å². The van der Waals surface area contributed by atoms with Gasteiger partial charge in [0, 0.05) is 5.56 Å². The van der Waals surface area contributed by atoms with Crippen LogP contribution in [0, 0.1) is 24.4 Å². The van der Waals surface area contributed by atoms with E-state index in [1.165, 1.54) is 12.1 Å². The number of halogens is 3. The molecule has 1 nitrogen and oxygen atoms in total. The van der Waals surface area contributed by atoms with Gasteiger partial charge in [-0.1, -0.05) is 55.8 Å². The van der Waals surface area contributed by atoms with Crippen LogP contribution >= 0.6 is 0 Å². The number of hydrogen-bond donors (Lipinski definition) is 0. The zero-order chi connectivity index (χ0) is 19.4. The van der Waals surface area contributed by atoms with Gasteiger partial charge in [0.2, 0.25) is 5.82 Å². The molecule has 0 radical (unpaired) electrons. The molecule has 0 aliphatic carbocycles. The zero-order valence-corrected chi connectivity index (χ0v) is 15.4. The Morgan fingerprint density at radius 1 is 0.852 bits per heavy atom. The van der Waals surface area contributed by atoms with Gasteiger partial charge in [-0.25, -0.2) is 8.78 Å². The van der Waals surface area contributed by atoms with Crippen LogP contribution in [0.2, 0.25) is 0 Å². The van der Waals surface area contributed by atoms with Gasteiger partial charge in [-0.3, -0.25) is 0 Å². The monoisotopic (exact) mass is 370 g/mol. The van der Waals surface area contributed by atoms with Gasteiger partial charge in [0.05, 0.1) is 0 Å². The standard InChI is InChI=1S/C23H21F3O/c1-3-4-18-10-12-21(23(26)22(18)25)27-14-16-6-8-17(9-7-16)19-11-5-15(2)13-20(19)24/h5-13H,3-4,14H2,1-2H3. The molecule has 27 heavy (non-hydrogen) atoms. The van der Waals surface area contributed by atoms with Gasteiger partial charge in [0.15, 0.2) is 11.6 Å². The second-order valence-corrected chi connectivity index (χ2v) is 6.57. The maximum Gasteiger partial charge on any atom is 0.200 e. The predicted molar refractivity (Wildman–Crippen MR) is 101 cm³/mol. The van der Waals surface area contributed by atoms with Gasteiger partial charge in [-0.05, 0) is 47.7 Å². The first-order valence-electron chi connectivity index (χ1n) is 8.94. The first-order valence-corrected chi connectivity index (χ1v) is 8.94. The third-order valence-corrected chi connectivity index (χ3v) is 4.43. The van der Waals surface area contributed by atoms with Crippen molar-refractivity contribution < 1.29 is 17.9 Å². The van der Waals surface area contributed by atoms with Crippen molar-refractivity contribution in [2.75, 3.05) is 0 Å². The van der Waals surface area contributed by atoms with Crippen LogP contribution in [-0.2, 0) is 13.0 Å². The summed E-state index contributed by atoms with van der Waals surface area (Å²) < 4.78 is 47.6. The van der Waals surface area contributed by atoms with Crippen molar-refractivity contribution >= 4 is 0 Å². The summed E-state index contributed by atoms with van der Waals surface area (Å²) in [6.45, 7) is 3.85. The summed E-state index contributed by atoms with van der Waals surface area (Å²) in [5.41, 5.74) is 3.26. The van der Waals surface area contributed by atoms with Crippen LogP contribution in [0.3, 0.4) is 0 Å². The van der Waals surface area contributed by atoms with Crippen molar-refractivity contribution in [1.29, 1.82) is 0 Å². The minimum Gasteiger partial charge on any atom is -0.486 e. The number of rotatable bonds is 6. The molecule has 4 heteroatoms. The summed E-state index contributed by atoms with van der Waals surface area (Å²) in [5, 5.41) is 0. The van der Waals surface area contributed by atoms with Crippen LogP contribution in [-0.4, -0.2) is 0 Å². The Balaban J connectivity index is 1.71. The van der Waals surface area contributed by atoms with Crippen LogP contribution in [0.25, 0.3) is 11.1 Å². The van der Waals surface area contributed by atoms with Gasteiger partial charge in [-0.15, -0.1) is 0 Å². The van der Waals surface area contributed by atoms with E-state index in [-0.39, 0.29) is 18.2 Å². The van der Waals surface area contributed by atoms with Crippen LogP contribution in [0.1, 0.15) is 30.0 Å². The van der Waals surface area contributed by atoms with Crippen molar-refractivity contribution in [3.05, 3.63) is 88.7 Å². The highest BCUT2D eigenvalue weighted by Crippen LogP contribution is 2.26. The Kier molecular flexibility index (Phi) is 5.84. The average Bonchev–Trinajstić information content (AvgIpc) is 2.66.